The number of ether oxygens (including phenoxy) is 1. The van der Waals surface area contributed by atoms with Crippen molar-refractivity contribution in [1.82, 2.24) is 4.90 Å². The van der Waals surface area contributed by atoms with Gasteiger partial charge in [-0.15, -0.1) is 0 Å². The molecule has 0 bridgehead atoms. The van der Waals surface area contributed by atoms with Crippen LogP contribution in [0.2, 0.25) is 5.02 Å². The summed E-state index contributed by atoms with van der Waals surface area (Å²) in [5.41, 5.74) is 1.71. The molecule has 1 aliphatic carbocycles. The average Bonchev–Trinajstić information content (AvgIpc) is 2.33. The van der Waals surface area contributed by atoms with Gasteiger partial charge in [-0.3, -0.25) is 0 Å². The number of methoxy groups -OCH3 is 1. The highest BCUT2D eigenvalue weighted by Gasteiger charge is 2.45. The summed E-state index contributed by atoms with van der Waals surface area (Å²) in [5, 5.41) is 0.816. The normalized spacial score (nSPS) is 19.2. The zero-order chi connectivity index (χ0) is 13.9. The Labute approximate surface area is 121 Å². The molecule has 106 valence electrons. The molecule has 2 rings (SSSR count). The van der Waals surface area contributed by atoms with E-state index in [1.807, 2.05) is 12.1 Å². The Morgan fingerprint density at radius 3 is 2.32 bits per heavy atom. The van der Waals surface area contributed by atoms with Gasteiger partial charge in [-0.05, 0) is 51.1 Å². The summed E-state index contributed by atoms with van der Waals surface area (Å²) in [6.45, 7) is 0.818. The predicted molar refractivity (Wildman–Crippen MR) is 80.9 cm³/mol. The van der Waals surface area contributed by atoms with Gasteiger partial charge in [0.25, 0.3) is 0 Å². The van der Waals surface area contributed by atoms with Gasteiger partial charge in [0.15, 0.2) is 0 Å². The highest BCUT2D eigenvalue weighted by molar-refractivity contribution is 6.30. The van der Waals surface area contributed by atoms with Crippen molar-refractivity contribution in [1.29, 1.82) is 0 Å². The first-order valence-electron chi connectivity index (χ1n) is 7.01. The van der Waals surface area contributed by atoms with Crippen molar-refractivity contribution in [2.75, 3.05) is 27.8 Å². The molecule has 0 heterocycles. The number of likely N-dealkylation sites (N-methyl/N-ethyl adjacent to an activating group) is 1. The molecule has 1 saturated carbocycles. The first-order valence-corrected chi connectivity index (χ1v) is 7.39. The quantitative estimate of drug-likeness (QED) is 0.788. The third kappa shape index (κ3) is 2.96. The Hall–Kier alpha value is -0.570. The lowest BCUT2D eigenvalue weighted by atomic mass is 9.59. The second-order valence-electron chi connectivity index (χ2n) is 5.78. The van der Waals surface area contributed by atoms with Gasteiger partial charge in [0.05, 0.1) is 0 Å². The minimum absolute atomic E-state index is 0.284. The lowest BCUT2D eigenvalue weighted by Crippen LogP contribution is -2.52. The van der Waals surface area contributed by atoms with Crippen LogP contribution in [0, 0.1) is 0 Å². The lowest BCUT2D eigenvalue weighted by Gasteiger charge is -2.51. The van der Waals surface area contributed by atoms with E-state index in [1.54, 1.807) is 7.11 Å². The van der Waals surface area contributed by atoms with Crippen molar-refractivity contribution in [2.45, 2.75) is 37.1 Å². The maximum absolute atomic E-state index is 6.02. The van der Waals surface area contributed by atoms with Crippen molar-refractivity contribution in [3.63, 3.8) is 0 Å². The molecule has 0 saturated heterocycles. The molecule has 0 radical (unpaired) electrons. The molecule has 0 aliphatic heterocycles. The largest absolute Gasteiger partial charge is 0.385 e. The monoisotopic (exact) mass is 281 g/mol. The lowest BCUT2D eigenvalue weighted by molar-refractivity contribution is 0.0654. The van der Waals surface area contributed by atoms with Gasteiger partial charge in [-0.1, -0.05) is 30.2 Å². The standard InChI is InChI=1S/C16H24ClNO/c1-18(2)15(9-12-19-3)16(10-4-11-16)13-5-7-14(17)8-6-13/h5-8,15H,4,9-12H2,1-3H3. The fraction of sp³-hybridized carbons (Fsp3) is 0.625. The summed E-state index contributed by atoms with van der Waals surface area (Å²) in [5.74, 6) is 0. The van der Waals surface area contributed by atoms with Crippen LogP contribution in [0.4, 0.5) is 0 Å². The van der Waals surface area contributed by atoms with Crippen molar-refractivity contribution in [3.8, 4) is 0 Å². The summed E-state index contributed by atoms with van der Waals surface area (Å²) in [4.78, 5) is 2.35. The smallest absolute Gasteiger partial charge is 0.0477 e. The first kappa shape index (κ1) is 14.8. The zero-order valence-corrected chi connectivity index (χ0v) is 12.9. The summed E-state index contributed by atoms with van der Waals surface area (Å²) < 4.78 is 5.29. The molecule has 1 fully saturated rings. The van der Waals surface area contributed by atoms with Gasteiger partial charge in [0, 0.05) is 30.2 Å². The Bertz CT molecular complexity index is 398. The number of hydrogen-bond acceptors (Lipinski definition) is 2. The first-order chi connectivity index (χ1) is 9.10. The number of hydrogen-bond donors (Lipinski definition) is 0. The van der Waals surface area contributed by atoms with E-state index in [1.165, 1.54) is 24.8 Å². The van der Waals surface area contributed by atoms with E-state index in [9.17, 15) is 0 Å². The van der Waals surface area contributed by atoms with Crippen molar-refractivity contribution < 1.29 is 4.74 Å². The Morgan fingerprint density at radius 1 is 1.26 bits per heavy atom. The van der Waals surface area contributed by atoms with Crippen LogP contribution in [0.15, 0.2) is 24.3 Å². The van der Waals surface area contributed by atoms with Gasteiger partial charge < -0.3 is 9.64 Å². The fourth-order valence-electron chi connectivity index (χ4n) is 3.41. The van der Waals surface area contributed by atoms with E-state index in [2.05, 4.69) is 31.1 Å². The van der Waals surface area contributed by atoms with Crippen LogP contribution in [0.1, 0.15) is 31.2 Å². The Balaban J connectivity index is 2.26. The number of nitrogens with zero attached hydrogens (tertiary/aromatic N) is 1. The van der Waals surface area contributed by atoms with E-state index in [0.717, 1.165) is 18.1 Å². The van der Waals surface area contributed by atoms with Gasteiger partial charge in [0.2, 0.25) is 0 Å². The second-order valence-corrected chi connectivity index (χ2v) is 6.21. The maximum atomic E-state index is 6.02. The van der Waals surface area contributed by atoms with Crippen LogP contribution >= 0.6 is 11.6 Å². The molecule has 1 atom stereocenters. The SMILES string of the molecule is COCCC(N(C)C)C1(c2ccc(Cl)cc2)CCC1. The molecule has 2 nitrogen and oxygen atoms in total. The van der Waals surface area contributed by atoms with Crippen LogP contribution in [-0.2, 0) is 10.2 Å². The Kier molecular flexibility index (Phi) is 4.88. The minimum atomic E-state index is 0.284. The molecular weight excluding hydrogens is 258 g/mol. The molecule has 0 amide bonds. The minimum Gasteiger partial charge on any atom is -0.385 e. The van der Waals surface area contributed by atoms with E-state index in [-0.39, 0.29) is 5.41 Å². The summed E-state index contributed by atoms with van der Waals surface area (Å²) in [7, 11) is 6.13. The predicted octanol–water partition coefficient (Wildman–Crippen LogP) is 3.73. The van der Waals surface area contributed by atoms with Gasteiger partial charge in [-0.2, -0.15) is 0 Å². The van der Waals surface area contributed by atoms with Crippen LogP contribution in [-0.4, -0.2) is 38.8 Å². The number of rotatable bonds is 6. The third-order valence-corrected chi connectivity index (χ3v) is 4.77. The van der Waals surface area contributed by atoms with Crippen LogP contribution in [0.5, 0.6) is 0 Å². The number of halogens is 1. The molecule has 3 heteroatoms. The van der Waals surface area contributed by atoms with E-state index in [0.29, 0.717) is 6.04 Å². The molecule has 1 aliphatic rings. The van der Waals surface area contributed by atoms with Crippen molar-refractivity contribution in [2.24, 2.45) is 0 Å². The zero-order valence-electron chi connectivity index (χ0n) is 12.2. The molecule has 1 aromatic carbocycles. The third-order valence-electron chi connectivity index (χ3n) is 4.52. The average molecular weight is 282 g/mol. The molecule has 19 heavy (non-hydrogen) atoms. The Morgan fingerprint density at radius 2 is 1.89 bits per heavy atom. The van der Waals surface area contributed by atoms with E-state index < -0.39 is 0 Å². The molecule has 0 N–H and O–H groups in total. The van der Waals surface area contributed by atoms with Gasteiger partial charge in [0.1, 0.15) is 0 Å². The highest BCUT2D eigenvalue weighted by atomic mass is 35.5. The van der Waals surface area contributed by atoms with Crippen molar-refractivity contribution >= 4 is 11.6 Å². The molecule has 0 aromatic heterocycles. The van der Waals surface area contributed by atoms with Crippen LogP contribution in [0.25, 0.3) is 0 Å². The second kappa shape index (κ2) is 6.25. The number of benzene rings is 1. The molecule has 0 spiro atoms. The van der Waals surface area contributed by atoms with Gasteiger partial charge in [-0.25, -0.2) is 0 Å². The fourth-order valence-corrected chi connectivity index (χ4v) is 3.54. The maximum Gasteiger partial charge on any atom is 0.0477 e. The van der Waals surface area contributed by atoms with Crippen molar-refractivity contribution in [3.05, 3.63) is 34.9 Å². The van der Waals surface area contributed by atoms with Crippen LogP contribution in [0.3, 0.4) is 0 Å². The van der Waals surface area contributed by atoms with E-state index in [4.69, 9.17) is 16.3 Å². The van der Waals surface area contributed by atoms with E-state index >= 15 is 0 Å². The summed E-state index contributed by atoms with van der Waals surface area (Å²) >= 11 is 6.02. The molecule has 1 aromatic rings. The summed E-state index contributed by atoms with van der Waals surface area (Å²) in [6.07, 6.45) is 4.93. The summed E-state index contributed by atoms with van der Waals surface area (Å²) in [6, 6.07) is 8.96. The molecule has 1 unspecified atom stereocenters. The topological polar surface area (TPSA) is 12.5 Å². The van der Waals surface area contributed by atoms with Gasteiger partial charge >= 0.3 is 0 Å². The van der Waals surface area contributed by atoms with Crippen LogP contribution < -0.4 is 0 Å². The highest BCUT2D eigenvalue weighted by Crippen LogP contribution is 2.48. The molecular formula is C16H24ClNO.